The molecule has 0 fully saturated rings. The molecule has 17 heavy (non-hydrogen) atoms. The number of hydrogen-bond donors (Lipinski definition) is 1. The molecule has 0 radical (unpaired) electrons. The molecule has 0 spiro atoms. The van der Waals surface area contributed by atoms with E-state index < -0.39 is 0 Å². The summed E-state index contributed by atoms with van der Waals surface area (Å²) in [6.07, 6.45) is 5.79. The van der Waals surface area contributed by atoms with Crippen molar-refractivity contribution >= 4 is 0 Å². The molecule has 0 amide bonds. The highest BCUT2D eigenvalue weighted by molar-refractivity contribution is 5.17. The van der Waals surface area contributed by atoms with Gasteiger partial charge in [-0.3, -0.25) is 0 Å². The summed E-state index contributed by atoms with van der Waals surface area (Å²) in [7, 11) is 1.97. The molecule has 0 aliphatic rings. The maximum atomic E-state index is 13.6. The van der Waals surface area contributed by atoms with Gasteiger partial charge in [0.1, 0.15) is 5.82 Å². The molecular weight excluding hydrogens is 213 g/mol. The Kier molecular flexibility index (Phi) is 6.87. The van der Waals surface area contributed by atoms with Crippen molar-refractivity contribution in [1.29, 1.82) is 0 Å². The number of halogens is 1. The number of nitrogens with one attached hydrogen (secondary N) is 1. The van der Waals surface area contributed by atoms with Gasteiger partial charge in [0.15, 0.2) is 0 Å². The van der Waals surface area contributed by atoms with Gasteiger partial charge in [0.05, 0.1) is 0 Å². The minimum Gasteiger partial charge on any atom is -0.319 e. The smallest absolute Gasteiger partial charge is 0.126 e. The molecule has 1 aromatic carbocycles. The van der Waals surface area contributed by atoms with Gasteiger partial charge in [0.2, 0.25) is 0 Å². The van der Waals surface area contributed by atoms with Gasteiger partial charge in [-0.2, -0.15) is 0 Å². The summed E-state index contributed by atoms with van der Waals surface area (Å²) >= 11 is 0. The molecule has 0 aliphatic heterocycles. The summed E-state index contributed by atoms with van der Waals surface area (Å²) in [5.41, 5.74) is 0.851. The summed E-state index contributed by atoms with van der Waals surface area (Å²) in [5, 5.41) is 3.21. The summed E-state index contributed by atoms with van der Waals surface area (Å²) in [4.78, 5) is 0. The third-order valence-corrected chi connectivity index (χ3v) is 3.18. The van der Waals surface area contributed by atoms with E-state index in [-0.39, 0.29) is 5.82 Å². The third kappa shape index (κ3) is 5.31. The number of benzene rings is 1. The van der Waals surface area contributed by atoms with Crippen LogP contribution in [0.1, 0.15) is 38.2 Å². The number of rotatable bonds is 8. The summed E-state index contributed by atoms with van der Waals surface area (Å²) in [5.74, 6) is 0.479. The first-order chi connectivity index (χ1) is 8.27. The van der Waals surface area contributed by atoms with Gasteiger partial charge in [-0.15, -0.1) is 0 Å². The minimum atomic E-state index is -0.0657. The number of hydrogen-bond acceptors (Lipinski definition) is 1. The van der Waals surface area contributed by atoms with E-state index in [1.807, 2.05) is 19.2 Å². The third-order valence-electron chi connectivity index (χ3n) is 3.18. The summed E-state index contributed by atoms with van der Waals surface area (Å²) < 4.78 is 13.6. The molecule has 0 saturated heterocycles. The van der Waals surface area contributed by atoms with Crippen LogP contribution >= 0.6 is 0 Å². The predicted molar refractivity (Wildman–Crippen MR) is 71.7 cm³/mol. The van der Waals surface area contributed by atoms with E-state index in [2.05, 4.69) is 12.2 Å². The Hall–Kier alpha value is -0.890. The summed E-state index contributed by atoms with van der Waals surface area (Å²) in [6, 6.07) is 7.12. The van der Waals surface area contributed by atoms with Crippen molar-refractivity contribution < 1.29 is 4.39 Å². The highest BCUT2D eigenvalue weighted by Crippen LogP contribution is 2.17. The lowest BCUT2D eigenvalue weighted by atomic mass is 9.93. The van der Waals surface area contributed by atoms with E-state index in [4.69, 9.17) is 0 Å². The molecule has 1 atom stereocenters. The van der Waals surface area contributed by atoms with Crippen molar-refractivity contribution in [3.8, 4) is 0 Å². The topological polar surface area (TPSA) is 12.0 Å². The monoisotopic (exact) mass is 237 g/mol. The molecule has 1 rings (SSSR count). The van der Waals surface area contributed by atoms with E-state index >= 15 is 0 Å². The Morgan fingerprint density at radius 2 is 2.00 bits per heavy atom. The van der Waals surface area contributed by atoms with Crippen LogP contribution < -0.4 is 5.32 Å². The van der Waals surface area contributed by atoms with Crippen molar-refractivity contribution in [2.75, 3.05) is 13.6 Å². The predicted octanol–water partition coefficient (Wildman–Crippen LogP) is 3.78. The molecule has 0 aromatic heterocycles. The molecule has 2 heteroatoms. The van der Waals surface area contributed by atoms with Gasteiger partial charge in [0, 0.05) is 0 Å². The first-order valence-electron chi connectivity index (χ1n) is 6.66. The maximum absolute atomic E-state index is 13.6. The lowest BCUT2D eigenvalue weighted by Gasteiger charge is -2.16. The second-order valence-electron chi connectivity index (χ2n) is 4.72. The van der Waals surface area contributed by atoms with E-state index in [9.17, 15) is 4.39 Å². The van der Waals surface area contributed by atoms with Gasteiger partial charge in [0.25, 0.3) is 0 Å². The highest BCUT2D eigenvalue weighted by atomic mass is 19.1. The van der Waals surface area contributed by atoms with Crippen LogP contribution in [0.5, 0.6) is 0 Å². The Morgan fingerprint density at radius 3 is 2.65 bits per heavy atom. The van der Waals surface area contributed by atoms with E-state index in [1.54, 1.807) is 12.1 Å². The van der Waals surface area contributed by atoms with Gasteiger partial charge in [-0.05, 0) is 44.0 Å². The molecular formula is C15H24FN. The van der Waals surface area contributed by atoms with Crippen LogP contribution in [0.25, 0.3) is 0 Å². The average Bonchev–Trinajstić information content (AvgIpc) is 2.32. The minimum absolute atomic E-state index is 0.0657. The molecule has 0 aliphatic carbocycles. The zero-order valence-corrected chi connectivity index (χ0v) is 11.0. The van der Waals surface area contributed by atoms with Crippen molar-refractivity contribution in [2.24, 2.45) is 5.92 Å². The largest absolute Gasteiger partial charge is 0.319 e. The zero-order chi connectivity index (χ0) is 12.5. The van der Waals surface area contributed by atoms with Crippen LogP contribution in [-0.2, 0) is 6.42 Å². The van der Waals surface area contributed by atoms with Gasteiger partial charge in [-0.1, -0.05) is 44.4 Å². The Morgan fingerprint density at radius 1 is 1.24 bits per heavy atom. The fourth-order valence-electron chi connectivity index (χ4n) is 2.22. The van der Waals surface area contributed by atoms with Crippen LogP contribution in [0.3, 0.4) is 0 Å². The summed E-state index contributed by atoms with van der Waals surface area (Å²) in [6.45, 7) is 3.18. The fraction of sp³-hybridized carbons (Fsp3) is 0.600. The van der Waals surface area contributed by atoms with Gasteiger partial charge >= 0.3 is 0 Å². The second kappa shape index (κ2) is 8.24. The molecule has 1 N–H and O–H groups in total. The molecule has 0 saturated carbocycles. The normalized spacial score (nSPS) is 12.6. The van der Waals surface area contributed by atoms with Gasteiger partial charge < -0.3 is 5.32 Å². The quantitative estimate of drug-likeness (QED) is 0.678. The first-order valence-corrected chi connectivity index (χ1v) is 6.66. The first kappa shape index (κ1) is 14.2. The SMILES string of the molecule is CCCCCC(CNC)Cc1ccccc1F. The van der Waals surface area contributed by atoms with E-state index in [1.165, 1.54) is 25.7 Å². The fourth-order valence-corrected chi connectivity index (χ4v) is 2.22. The molecule has 0 heterocycles. The van der Waals surface area contributed by atoms with E-state index in [0.29, 0.717) is 5.92 Å². The standard InChI is InChI=1S/C15H24FN/c1-3-4-5-8-13(12-17-2)11-14-9-6-7-10-15(14)16/h6-7,9-10,13,17H,3-5,8,11-12H2,1-2H3. The Labute approximate surface area is 104 Å². The number of unbranched alkanes of at least 4 members (excludes halogenated alkanes) is 2. The second-order valence-corrected chi connectivity index (χ2v) is 4.72. The van der Waals surface area contributed by atoms with Crippen molar-refractivity contribution in [3.05, 3.63) is 35.6 Å². The maximum Gasteiger partial charge on any atom is 0.126 e. The van der Waals surface area contributed by atoms with Crippen molar-refractivity contribution in [1.82, 2.24) is 5.32 Å². The van der Waals surface area contributed by atoms with Crippen molar-refractivity contribution in [3.63, 3.8) is 0 Å². The van der Waals surface area contributed by atoms with E-state index in [0.717, 1.165) is 18.5 Å². The lowest BCUT2D eigenvalue weighted by Crippen LogP contribution is -2.21. The molecule has 1 unspecified atom stereocenters. The Bertz CT molecular complexity index is 312. The Balaban J connectivity index is 2.50. The van der Waals surface area contributed by atoms with Crippen LogP contribution in [0.2, 0.25) is 0 Å². The van der Waals surface area contributed by atoms with Crippen LogP contribution in [0, 0.1) is 11.7 Å². The van der Waals surface area contributed by atoms with Crippen LogP contribution in [-0.4, -0.2) is 13.6 Å². The molecule has 1 aromatic rings. The highest BCUT2D eigenvalue weighted by Gasteiger charge is 2.11. The lowest BCUT2D eigenvalue weighted by molar-refractivity contribution is 0.431. The molecule has 1 nitrogen and oxygen atoms in total. The van der Waals surface area contributed by atoms with Crippen LogP contribution in [0.15, 0.2) is 24.3 Å². The van der Waals surface area contributed by atoms with Crippen LogP contribution in [0.4, 0.5) is 4.39 Å². The zero-order valence-electron chi connectivity index (χ0n) is 11.0. The molecule has 96 valence electrons. The van der Waals surface area contributed by atoms with Gasteiger partial charge in [-0.25, -0.2) is 4.39 Å². The average molecular weight is 237 g/mol. The molecule has 0 bridgehead atoms. The van der Waals surface area contributed by atoms with Crippen molar-refractivity contribution in [2.45, 2.75) is 39.0 Å².